The number of rotatable bonds is 6. The third-order valence-corrected chi connectivity index (χ3v) is 2.52. The zero-order valence-electron chi connectivity index (χ0n) is 10.8. The minimum atomic E-state index is -0.281. The van der Waals surface area contributed by atoms with Crippen molar-refractivity contribution in [1.29, 1.82) is 0 Å². The summed E-state index contributed by atoms with van der Waals surface area (Å²) in [5.41, 5.74) is 0. The number of carbonyl (C=O) groups is 1. The van der Waals surface area contributed by atoms with Crippen LogP contribution in [0.1, 0.15) is 38.9 Å². The maximum Gasteiger partial charge on any atom is 0.240 e. The first-order valence-corrected chi connectivity index (χ1v) is 5.85. The van der Waals surface area contributed by atoms with Crippen molar-refractivity contribution in [2.45, 2.75) is 52.7 Å². The molecule has 0 saturated heterocycles. The van der Waals surface area contributed by atoms with Gasteiger partial charge in [0.1, 0.15) is 0 Å². The average molecular weight is 240 g/mol. The number of aromatic nitrogens is 2. The van der Waals surface area contributed by atoms with Crippen molar-refractivity contribution in [3.63, 3.8) is 0 Å². The SMILES string of the molecule is CCC(C)NC(=O)C(C)NCc1nc(C)no1. The molecule has 0 saturated carbocycles. The van der Waals surface area contributed by atoms with Crippen LogP contribution in [-0.2, 0) is 11.3 Å². The molecule has 0 aliphatic carbocycles. The van der Waals surface area contributed by atoms with Crippen LogP contribution in [0.3, 0.4) is 0 Å². The van der Waals surface area contributed by atoms with Gasteiger partial charge in [-0.25, -0.2) is 0 Å². The average Bonchev–Trinajstić information content (AvgIpc) is 2.71. The monoisotopic (exact) mass is 240 g/mol. The molecular formula is C11H20N4O2. The molecule has 0 radical (unpaired) electrons. The molecule has 2 N–H and O–H groups in total. The van der Waals surface area contributed by atoms with Crippen molar-refractivity contribution in [2.24, 2.45) is 0 Å². The molecule has 0 aliphatic rings. The zero-order valence-corrected chi connectivity index (χ0v) is 10.8. The highest BCUT2D eigenvalue weighted by molar-refractivity contribution is 5.81. The summed E-state index contributed by atoms with van der Waals surface area (Å²) < 4.78 is 4.94. The molecule has 0 spiro atoms. The number of hydrogen-bond acceptors (Lipinski definition) is 5. The molecule has 1 aromatic rings. The van der Waals surface area contributed by atoms with E-state index in [1.807, 2.05) is 13.8 Å². The molecule has 1 rings (SSSR count). The normalized spacial score (nSPS) is 14.4. The molecule has 6 nitrogen and oxygen atoms in total. The summed E-state index contributed by atoms with van der Waals surface area (Å²) in [5.74, 6) is 1.07. The minimum absolute atomic E-state index is 0.0180. The molecule has 2 unspecified atom stereocenters. The Labute approximate surface area is 101 Å². The fourth-order valence-electron chi connectivity index (χ4n) is 1.21. The van der Waals surface area contributed by atoms with Gasteiger partial charge < -0.3 is 9.84 Å². The molecule has 1 aromatic heterocycles. The van der Waals surface area contributed by atoms with Gasteiger partial charge in [0.15, 0.2) is 5.82 Å². The third kappa shape index (κ3) is 4.52. The first kappa shape index (κ1) is 13.6. The van der Waals surface area contributed by atoms with E-state index in [-0.39, 0.29) is 18.0 Å². The number of carbonyl (C=O) groups excluding carboxylic acids is 1. The van der Waals surface area contributed by atoms with Gasteiger partial charge in [0.2, 0.25) is 11.8 Å². The highest BCUT2D eigenvalue weighted by Gasteiger charge is 2.14. The lowest BCUT2D eigenvalue weighted by atomic mass is 10.2. The van der Waals surface area contributed by atoms with Crippen LogP contribution in [0.5, 0.6) is 0 Å². The Morgan fingerprint density at radius 1 is 1.47 bits per heavy atom. The van der Waals surface area contributed by atoms with Crippen LogP contribution < -0.4 is 10.6 Å². The van der Waals surface area contributed by atoms with Gasteiger partial charge in [0.05, 0.1) is 12.6 Å². The Hall–Kier alpha value is -1.43. The number of amides is 1. The predicted molar refractivity (Wildman–Crippen MR) is 63.2 cm³/mol. The van der Waals surface area contributed by atoms with E-state index in [1.165, 1.54) is 0 Å². The Bertz CT molecular complexity index is 364. The first-order chi connectivity index (χ1) is 8.02. The molecule has 2 atom stereocenters. The summed E-state index contributed by atoms with van der Waals surface area (Å²) in [6.07, 6.45) is 0.918. The van der Waals surface area contributed by atoms with E-state index in [9.17, 15) is 4.79 Å². The highest BCUT2D eigenvalue weighted by atomic mass is 16.5. The molecule has 0 aliphatic heterocycles. The largest absolute Gasteiger partial charge is 0.352 e. The lowest BCUT2D eigenvalue weighted by molar-refractivity contribution is -0.123. The van der Waals surface area contributed by atoms with Crippen molar-refractivity contribution in [1.82, 2.24) is 20.8 Å². The third-order valence-electron chi connectivity index (χ3n) is 2.52. The van der Waals surface area contributed by atoms with Crippen LogP contribution in [0.25, 0.3) is 0 Å². The van der Waals surface area contributed by atoms with Gasteiger partial charge in [0.25, 0.3) is 0 Å². The van der Waals surface area contributed by atoms with Gasteiger partial charge in [-0.1, -0.05) is 12.1 Å². The van der Waals surface area contributed by atoms with E-state index >= 15 is 0 Å². The standard InChI is InChI=1S/C11H20N4O2/c1-5-7(2)13-11(16)8(3)12-6-10-14-9(4)15-17-10/h7-8,12H,5-6H2,1-4H3,(H,13,16). The van der Waals surface area contributed by atoms with Crippen LogP contribution in [0, 0.1) is 6.92 Å². The van der Waals surface area contributed by atoms with Gasteiger partial charge >= 0.3 is 0 Å². The fourth-order valence-corrected chi connectivity index (χ4v) is 1.21. The Balaban J connectivity index is 2.33. The summed E-state index contributed by atoms with van der Waals surface area (Å²) in [7, 11) is 0. The summed E-state index contributed by atoms with van der Waals surface area (Å²) in [5, 5.41) is 9.61. The van der Waals surface area contributed by atoms with E-state index < -0.39 is 0 Å². The minimum Gasteiger partial charge on any atom is -0.352 e. The van der Waals surface area contributed by atoms with E-state index in [1.54, 1.807) is 13.8 Å². The number of nitrogens with zero attached hydrogens (tertiary/aromatic N) is 2. The number of hydrogen-bond donors (Lipinski definition) is 2. The van der Waals surface area contributed by atoms with Gasteiger partial charge in [-0.15, -0.1) is 0 Å². The smallest absolute Gasteiger partial charge is 0.240 e. The number of nitrogens with one attached hydrogen (secondary N) is 2. The highest BCUT2D eigenvalue weighted by Crippen LogP contribution is 1.96. The van der Waals surface area contributed by atoms with Crippen LogP contribution in [0.2, 0.25) is 0 Å². The quantitative estimate of drug-likeness (QED) is 0.767. The molecule has 0 bridgehead atoms. The second-order valence-electron chi connectivity index (χ2n) is 4.16. The molecule has 0 fully saturated rings. The van der Waals surface area contributed by atoms with Crippen LogP contribution >= 0.6 is 0 Å². The lowest BCUT2D eigenvalue weighted by Gasteiger charge is -2.16. The molecule has 1 amide bonds. The molecule has 0 aromatic carbocycles. The summed E-state index contributed by atoms with van der Waals surface area (Å²) in [6.45, 7) is 7.97. The molecular weight excluding hydrogens is 220 g/mol. The summed E-state index contributed by atoms with van der Waals surface area (Å²) in [6, 6.07) is -0.0893. The van der Waals surface area contributed by atoms with Gasteiger partial charge in [-0.3, -0.25) is 10.1 Å². The summed E-state index contributed by atoms with van der Waals surface area (Å²) >= 11 is 0. The van der Waals surface area contributed by atoms with Crippen molar-refractivity contribution in [3.8, 4) is 0 Å². The molecule has 6 heteroatoms. The van der Waals surface area contributed by atoms with Gasteiger partial charge in [-0.05, 0) is 27.2 Å². The van der Waals surface area contributed by atoms with E-state index in [4.69, 9.17) is 4.52 Å². The lowest BCUT2D eigenvalue weighted by Crippen LogP contribution is -2.45. The first-order valence-electron chi connectivity index (χ1n) is 5.85. The summed E-state index contributed by atoms with van der Waals surface area (Å²) in [4.78, 5) is 15.7. The van der Waals surface area contributed by atoms with E-state index in [0.717, 1.165) is 6.42 Å². The van der Waals surface area contributed by atoms with Crippen LogP contribution in [0.4, 0.5) is 0 Å². The van der Waals surface area contributed by atoms with Crippen molar-refractivity contribution in [2.75, 3.05) is 0 Å². The van der Waals surface area contributed by atoms with Crippen LogP contribution in [0.15, 0.2) is 4.52 Å². The fraction of sp³-hybridized carbons (Fsp3) is 0.727. The maximum absolute atomic E-state index is 11.7. The van der Waals surface area contributed by atoms with E-state index in [2.05, 4.69) is 20.8 Å². The molecule has 1 heterocycles. The van der Waals surface area contributed by atoms with E-state index in [0.29, 0.717) is 18.3 Å². The maximum atomic E-state index is 11.7. The van der Waals surface area contributed by atoms with Crippen molar-refractivity contribution < 1.29 is 9.32 Å². The second kappa shape index (κ2) is 6.34. The molecule has 17 heavy (non-hydrogen) atoms. The topological polar surface area (TPSA) is 80.0 Å². The zero-order chi connectivity index (χ0) is 12.8. The van der Waals surface area contributed by atoms with Crippen LogP contribution in [-0.4, -0.2) is 28.1 Å². The Morgan fingerprint density at radius 2 is 2.18 bits per heavy atom. The van der Waals surface area contributed by atoms with Gasteiger partial charge in [-0.2, -0.15) is 4.98 Å². The van der Waals surface area contributed by atoms with Crippen molar-refractivity contribution in [3.05, 3.63) is 11.7 Å². The van der Waals surface area contributed by atoms with Gasteiger partial charge in [0, 0.05) is 6.04 Å². The number of aryl methyl sites for hydroxylation is 1. The Kier molecular flexibility index (Phi) is 5.09. The van der Waals surface area contributed by atoms with Crippen molar-refractivity contribution >= 4 is 5.91 Å². The predicted octanol–water partition coefficient (Wildman–Crippen LogP) is 0.771. The Morgan fingerprint density at radius 3 is 2.71 bits per heavy atom. The molecule has 96 valence electrons. The second-order valence-corrected chi connectivity index (χ2v) is 4.16.